The van der Waals surface area contributed by atoms with Gasteiger partial charge >= 0.3 is 0 Å². The number of ether oxygens (including phenoxy) is 3. The van der Waals surface area contributed by atoms with Gasteiger partial charge < -0.3 is 39.7 Å². The lowest BCUT2D eigenvalue weighted by atomic mass is 9.87. The zero-order chi connectivity index (χ0) is 29.1. The second-order valence-electron chi connectivity index (χ2n) is 10.00. The number of hydrogen-bond acceptors (Lipinski definition) is 8. The minimum Gasteiger partial charge on any atom is -0.493 e. The molecule has 0 bridgehead atoms. The van der Waals surface area contributed by atoms with Gasteiger partial charge in [0.05, 0.1) is 36.0 Å². The van der Waals surface area contributed by atoms with Crippen LogP contribution in [0.5, 0.6) is 11.5 Å². The first-order chi connectivity index (χ1) is 19.3. The summed E-state index contributed by atoms with van der Waals surface area (Å²) in [7, 11) is 1.48. The van der Waals surface area contributed by atoms with Crippen LogP contribution in [0.2, 0.25) is 0 Å². The first kappa shape index (κ1) is 32.3. The standard InChI is InChI=1S/C29H41IN2O8/c1-3-4-5-6-9-26(35)32(17-21-8-7-12-39-21)23-15-20(29(37)31-10-11-33)16-24(27(23)36)40-28-22(30)13-19(18-34)14-25(28)38-2/h3,13-14,16,21,23-24,27,33-34,36H,1,4-12,15,17-18H2,2H3,(H,31,37)/t21-,23-,24+,27+/m1/s1. The van der Waals surface area contributed by atoms with Crippen molar-refractivity contribution in [2.24, 2.45) is 0 Å². The lowest BCUT2D eigenvalue weighted by Gasteiger charge is -2.41. The molecule has 2 aliphatic rings. The highest BCUT2D eigenvalue weighted by Crippen LogP contribution is 2.37. The molecule has 4 N–H and O–H groups in total. The Kier molecular flexibility index (Phi) is 13.2. The van der Waals surface area contributed by atoms with Crippen LogP contribution < -0.4 is 14.8 Å². The van der Waals surface area contributed by atoms with E-state index in [4.69, 9.17) is 14.2 Å². The predicted molar refractivity (Wildman–Crippen MR) is 158 cm³/mol. The maximum atomic E-state index is 13.6. The number of methoxy groups -OCH3 is 1. The quantitative estimate of drug-likeness (QED) is 0.127. The molecule has 1 fully saturated rings. The van der Waals surface area contributed by atoms with Gasteiger partial charge in [0.2, 0.25) is 11.8 Å². The Morgan fingerprint density at radius 1 is 1.30 bits per heavy atom. The Morgan fingerprint density at radius 3 is 2.75 bits per heavy atom. The predicted octanol–water partition coefficient (Wildman–Crippen LogP) is 2.46. The van der Waals surface area contributed by atoms with Gasteiger partial charge in [0.1, 0.15) is 12.2 Å². The summed E-state index contributed by atoms with van der Waals surface area (Å²) in [5.41, 5.74) is 0.992. The zero-order valence-electron chi connectivity index (χ0n) is 23.0. The van der Waals surface area contributed by atoms with Gasteiger partial charge in [0.15, 0.2) is 11.5 Å². The van der Waals surface area contributed by atoms with Crippen LogP contribution in [0.1, 0.15) is 50.5 Å². The third kappa shape index (κ3) is 8.65. The van der Waals surface area contributed by atoms with Gasteiger partial charge in [-0.05, 0) is 78.5 Å². The highest BCUT2D eigenvalue weighted by molar-refractivity contribution is 14.1. The first-order valence-electron chi connectivity index (χ1n) is 13.8. The number of aliphatic hydroxyl groups is 3. The molecule has 1 aliphatic heterocycles. The van der Waals surface area contributed by atoms with Crippen molar-refractivity contribution in [2.75, 3.05) is 33.4 Å². The molecule has 3 rings (SSSR count). The molecule has 0 spiro atoms. The molecule has 0 aromatic heterocycles. The molecule has 2 amide bonds. The van der Waals surface area contributed by atoms with E-state index in [9.17, 15) is 24.9 Å². The maximum Gasteiger partial charge on any atom is 0.247 e. The van der Waals surface area contributed by atoms with Gasteiger partial charge in [-0.25, -0.2) is 0 Å². The number of carbonyl (C=O) groups excluding carboxylic acids is 2. The smallest absolute Gasteiger partial charge is 0.247 e. The van der Waals surface area contributed by atoms with E-state index in [2.05, 4.69) is 34.5 Å². The molecule has 11 heteroatoms. The van der Waals surface area contributed by atoms with E-state index in [0.717, 1.165) is 25.7 Å². The molecule has 1 heterocycles. The monoisotopic (exact) mass is 672 g/mol. The Hall–Kier alpha value is -2.19. The van der Waals surface area contributed by atoms with Gasteiger partial charge in [-0.1, -0.05) is 6.08 Å². The minimum atomic E-state index is -1.15. The molecule has 1 aromatic carbocycles. The molecule has 1 aromatic rings. The lowest BCUT2D eigenvalue weighted by Crippen LogP contribution is -2.56. The number of allylic oxidation sites excluding steroid dienone is 1. The van der Waals surface area contributed by atoms with E-state index < -0.39 is 24.2 Å². The fraction of sp³-hybridized carbons (Fsp3) is 0.586. The number of unbranched alkanes of at least 4 members (excludes halogenated alkanes) is 2. The summed E-state index contributed by atoms with van der Waals surface area (Å²) in [4.78, 5) is 28.3. The van der Waals surface area contributed by atoms with E-state index in [1.165, 1.54) is 7.11 Å². The van der Waals surface area contributed by atoms with Gasteiger partial charge in [-0.3, -0.25) is 9.59 Å². The fourth-order valence-electron chi connectivity index (χ4n) is 5.03. The van der Waals surface area contributed by atoms with Crippen molar-refractivity contribution < 1.29 is 39.1 Å². The number of hydrogen-bond donors (Lipinski definition) is 4. The fourth-order valence-corrected chi connectivity index (χ4v) is 5.83. The van der Waals surface area contributed by atoms with Gasteiger partial charge in [0, 0.05) is 38.1 Å². The molecule has 4 atom stereocenters. The highest BCUT2D eigenvalue weighted by Gasteiger charge is 2.41. The van der Waals surface area contributed by atoms with Crippen LogP contribution in [0.15, 0.2) is 36.4 Å². The summed E-state index contributed by atoms with van der Waals surface area (Å²) in [5.74, 6) is 0.225. The van der Waals surface area contributed by atoms with E-state index in [1.807, 2.05) is 6.08 Å². The largest absolute Gasteiger partial charge is 0.493 e. The molecule has 0 radical (unpaired) electrons. The summed E-state index contributed by atoms with van der Waals surface area (Å²) in [6.07, 6.45) is 5.61. The third-order valence-electron chi connectivity index (χ3n) is 7.13. The average molecular weight is 673 g/mol. The van der Waals surface area contributed by atoms with Gasteiger partial charge in [-0.2, -0.15) is 0 Å². The second-order valence-corrected chi connectivity index (χ2v) is 11.2. The normalized spacial score (nSPS) is 22.4. The Morgan fingerprint density at radius 2 is 2.10 bits per heavy atom. The van der Waals surface area contributed by atoms with Crippen LogP contribution in [-0.4, -0.2) is 89.8 Å². The Bertz CT molecular complexity index is 1040. The number of halogens is 1. The molecular weight excluding hydrogens is 631 g/mol. The minimum absolute atomic E-state index is 0.0745. The zero-order valence-corrected chi connectivity index (χ0v) is 25.2. The summed E-state index contributed by atoms with van der Waals surface area (Å²) >= 11 is 2.07. The van der Waals surface area contributed by atoms with Crippen molar-refractivity contribution in [1.29, 1.82) is 0 Å². The van der Waals surface area contributed by atoms with Crippen molar-refractivity contribution in [3.05, 3.63) is 45.6 Å². The molecule has 0 saturated carbocycles. The molecule has 1 saturated heterocycles. The van der Waals surface area contributed by atoms with Crippen LogP contribution in [0.3, 0.4) is 0 Å². The van der Waals surface area contributed by atoms with Crippen LogP contribution >= 0.6 is 22.6 Å². The maximum absolute atomic E-state index is 13.6. The van der Waals surface area contributed by atoms with E-state index in [-0.39, 0.29) is 38.2 Å². The summed E-state index contributed by atoms with van der Waals surface area (Å²) in [5, 5.41) is 33.1. The number of nitrogens with one attached hydrogen (secondary N) is 1. The van der Waals surface area contributed by atoms with Gasteiger partial charge in [-0.15, -0.1) is 6.58 Å². The Balaban J connectivity index is 1.95. The number of rotatable bonds is 15. The van der Waals surface area contributed by atoms with Gasteiger partial charge in [0.25, 0.3) is 0 Å². The van der Waals surface area contributed by atoms with E-state index >= 15 is 0 Å². The lowest BCUT2D eigenvalue weighted by molar-refractivity contribution is -0.141. The molecule has 0 unspecified atom stereocenters. The number of benzene rings is 1. The van der Waals surface area contributed by atoms with Crippen LogP contribution in [0.25, 0.3) is 0 Å². The number of aliphatic hydroxyl groups excluding tert-OH is 3. The molecule has 1 aliphatic carbocycles. The van der Waals surface area contributed by atoms with Crippen molar-refractivity contribution in [2.45, 2.75) is 75.9 Å². The van der Waals surface area contributed by atoms with E-state index in [0.29, 0.717) is 52.2 Å². The Labute approximate surface area is 249 Å². The molecule has 40 heavy (non-hydrogen) atoms. The first-order valence-corrected chi connectivity index (χ1v) is 14.8. The third-order valence-corrected chi connectivity index (χ3v) is 7.94. The van der Waals surface area contributed by atoms with Crippen LogP contribution in [0, 0.1) is 3.57 Å². The topological polar surface area (TPSA) is 138 Å². The summed E-state index contributed by atoms with van der Waals surface area (Å²) in [6, 6.07) is 2.67. The average Bonchev–Trinajstić information content (AvgIpc) is 3.48. The van der Waals surface area contributed by atoms with Crippen molar-refractivity contribution >= 4 is 34.4 Å². The van der Waals surface area contributed by atoms with Crippen molar-refractivity contribution in [3.63, 3.8) is 0 Å². The molecule has 222 valence electrons. The van der Waals surface area contributed by atoms with Crippen LogP contribution in [-0.2, 0) is 20.9 Å². The SMILES string of the molecule is C=CCCCCC(=O)N(C[C@H]1CCCO1)[C@@H]1CC(C(=O)NCCO)=C[C@H](Oc2c(I)cc(CO)cc2OC)[C@H]1O. The molecule has 10 nitrogen and oxygen atoms in total. The van der Waals surface area contributed by atoms with E-state index in [1.54, 1.807) is 23.1 Å². The van der Waals surface area contributed by atoms with Crippen molar-refractivity contribution in [1.82, 2.24) is 10.2 Å². The highest BCUT2D eigenvalue weighted by atomic mass is 127. The number of amides is 2. The summed E-state index contributed by atoms with van der Waals surface area (Å²) in [6.45, 7) is 4.36. The second kappa shape index (κ2) is 16.3. The number of nitrogens with zero attached hydrogens (tertiary/aromatic N) is 1. The van der Waals surface area contributed by atoms with Crippen molar-refractivity contribution in [3.8, 4) is 11.5 Å². The summed E-state index contributed by atoms with van der Waals surface area (Å²) < 4.78 is 18.3. The van der Waals surface area contributed by atoms with Crippen LogP contribution in [0.4, 0.5) is 0 Å². The molecular formula is C29H41IN2O8. The number of carbonyl (C=O) groups is 2.